The first-order valence-electron chi connectivity index (χ1n) is 6.05. The molecule has 3 nitrogen and oxygen atoms in total. The molecule has 1 atom stereocenters. The van der Waals surface area contributed by atoms with E-state index in [9.17, 15) is 0 Å². The van der Waals surface area contributed by atoms with E-state index in [-0.39, 0.29) is 6.04 Å². The lowest BCUT2D eigenvalue weighted by Crippen LogP contribution is -2.12. The Kier molecular flexibility index (Phi) is 4.04. The highest BCUT2D eigenvalue weighted by Crippen LogP contribution is 2.23. The first-order valence-corrected chi connectivity index (χ1v) is 6.43. The molecule has 0 aliphatic carbocycles. The number of hydrogen-bond donors (Lipinski definition) is 1. The lowest BCUT2D eigenvalue weighted by Gasteiger charge is -2.14. The molecule has 2 N–H and O–H groups in total. The normalized spacial score (nSPS) is 12.7. The maximum atomic E-state index is 6.23. The summed E-state index contributed by atoms with van der Waals surface area (Å²) in [5.74, 6) is 0. The van der Waals surface area contributed by atoms with Gasteiger partial charge in [0.05, 0.1) is 6.20 Å². The van der Waals surface area contributed by atoms with Gasteiger partial charge in [0.2, 0.25) is 0 Å². The fourth-order valence-corrected chi connectivity index (χ4v) is 2.36. The average Bonchev–Trinajstić information content (AvgIpc) is 2.72. The number of benzene rings is 1. The van der Waals surface area contributed by atoms with Gasteiger partial charge in [0.15, 0.2) is 0 Å². The highest BCUT2D eigenvalue weighted by molar-refractivity contribution is 6.30. The van der Waals surface area contributed by atoms with E-state index in [4.69, 9.17) is 17.3 Å². The Morgan fingerprint density at radius 3 is 2.83 bits per heavy atom. The number of nitrogens with zero attached hydrogens (tertiary/aromatic N) is 2. The molecular weight excluding hydrogens is 246 g/mol. The molecule has 0 aliphatic rings. The molecule has 2 rings (SSSR count). The van der Waals surface area contributed by atoms with Crippen molar-refractivity contribution in [2.45, 2.75) is 25.8 Å². The molecule has 0 amide bonds. The van der Waals surface area contributed by atoms with Crippen LogP contribution in [-0.4, -0.2) is 9.78 Å². The van der Waals surface area contributed by atoms with Crippen LogP contribution in [0, 0.1) is 6.92 Å². The minimum Gasteiger partial charge on any atom is -0.324 e. The van der Waals surface area contributed by atoms with Crippen LogP contribution < -0.4 is 5.73 Å². The van der Waals surface area contributed by atoms with Gasteiger partial charge in [-0.05, 0) is 48.6 Å². The predicted octanol–water partition coefficient (Wildman–Crippen LogP) is 3.01. The third-order valence-corrected chi connectivity index (χ3v) is 3.37. The van der Waals surface area contributed by atoms with Crippen molar-refractivity contribution in [1.82, 2.24) is 9.78 Å². The SMILES string of the molecule is Cc1cc(Cl)ccc1C(N)CCc1cnn(C)c1. The second kappa shape index (κ2) is 5.55. The fraction of sp³-hybridized carbons (Fsp3) is 0.357. The molecule has 18 heavy (non-hydrogen) atoms. The van der Waals surface area contributed by atoms with Crippen molar-refractivity contribution in [3.8, 4) is 0 Å². The minimum atomic E-state index is 0.0440. The standard InChI is InChI=1S/C14H18ClN3/c1-10-7-12(15)4-5-13(10)14(16)6-3-11-8-17-18(2)9-11/h4-5,7-9,14H,3,6,16H2,1-2H3. The monoisotopic (exact) mass is 263 g/mol. The van der Waals surface area contributed by atoms with Gasteiger partial charge in [0, 0.05) is 24.3 Å². The van der Waals surface area contributed by atoms with Crippen LogP contribution in [0.3, 0.4) is 0 Å². The van der Waals surface area contributed by atoms with E-state index in [0.29, 0.717) is 0 Å². The molecule has 96 valence electrons. The Hall–Kier alpha value is -1.32. The first-order chi connectivity index (χ1) is 8.56. The zero-order valence-corrected chi connectivity index (χ0v) is 11.5. The quantitative estimate of drug-likeness (QED) is 0.922. The van der Waals surface area contributed by atoms with Crippen LogP contribution in [0.5, 0.6) is 0 Å². The molecule has 1 heterocycles. The third-order valence-electron chi connectivity index (χ3n) is 3.13. The number of halogens is 1. The Labute approximate surface area is 113 Å². The molecular formula is C14H18ClN3. The second-order valence-corrected chi connectivity index (χ2v) is 5.10. The molecule has 0 saturated heterocycles. The van der Waals surface area contributed by atoms with Gasteiger partial charge in [-0.25, -0.2) is 0 Å². The summed E-state index contributed by atoms with van der Waals surface area (Å²) in [5, 5.41) is 4.91. The molecule has 0 fully saturated rings. The lowest BCUT2D eigenvalue weighted by atomic mass is 9.97. The fourth-order valence-electron chi connectivity index (χ4n) is 2.13. The van der Waals surface area contributed by atoms with Crippen LogP contribution in [0.1, 0.15) is 29.2 Å². The van der Waals surface area contributed by atoms with Gasteiger partial charge >= 0.3 is 0 Å². The lowest BCUT2D eigenvalue weighted by molar-refractivity contribution is 0.647. The molecule has 1 aromatic carbocycles. The summed E-state index contributed by atoms with van der Waals surface area (Å²) in [5.41, 5.74) is 9.78. The van der Waals surface area contributed by atoms with Crippen LogP contribution in [0.2, 0.25) is 5.02 Å². The van der Waals surface area contributed by atoms with Crippen LogP contribution >= 0.6 is 11.6 Å². The Bertz CT molecular complexity index is 534. The highest BCUT2D eigenvalue weighted by atomic mass is 35.5. The van der Waals surface area contributed by atoms with Gasteiger partial charge < -0.3 is 5.73 Å². The molecule has 0 spiro atoms. The van der Waals surface area contributed by atoms with Gasteiger partial charge in [-0.1, -0.05) is 17.7 Å². The van der Waals surface area contributed by atoms with Crippen LogP contribution in [0.25, 0.3) is 0 Å². The Balaban J connectivity index is 2.01. The van der Waals surface area contributed by atoms with Crippen molar-refractivity contribution in [3.05, 3.63) is 52.3 Å². The smallest absolute Gasteiger partial charge is 0.0521 e. The average molecular weight is 264 g/mol. The van der Waals surface area contributed by atoms with E-state index in [1.54, 1.807) is 0 Å². The van der Waals surface area contributed by atoms with Crippen molar-refractivity contribution in [2.24, 2.45) is 12.8 Å². The predicted molar refractivity (Wildman–Crippen MR) is 74.6 cm³/mol. The molecule has 0 saturated carbocycles. The van der Waals surface area contributed by atoms with Crippen LogP contribution in [-0.2, 0) is 13.5 Å². The zero-order valence-electron chi connectivity index (χ0n) is 10.7. The van der Waals surface area contributed by atoms with Crippen molar-refractivity contribution in [2.75, 3.05) is 0 Å². The number of hydrogen-bond acceptors (Lipinski definition) is 2. The van der Waals surface area contributed by atoms with Crippen molar-refractivity contribution >= 4 is 11.6 Å². The summed E-state index contributed by atoms with van der Waals surface area (Å²) in [4.78, 5) is 0. The topological polar surface area (TPSA) is 43.8 Å². The van der Waals surface area contributed by atoms with E-state index < -0.39 is 0 Å². The van der Waals surface area contributed by atoms with Crippen molar-refractivity contribution in [1.29, 1.82) is 0 Å². The minimum absolute atomic E-state index is 0.0440. The van der Waals surface area contributed by atoms with Gasteiger partial charge in [0.1, 0.15) is 0 Å². The number of rotatable bonds is 4. The molecule has 0 aliphatic heterocycles. The van der Waals surface area contributed by atoms with Gasteiger partial charge in [-0.3, -0.25) is 4.68 Å². The van der Waals surface area contributed by atoms with Gasteiger partial charge in [0.25, 0.3) is 0 Å². The van der Waals surface area contributed by atoms with E-state index >= 15 is 0 Å². The van der Waals surface area contributed by atoms with E-state index in [0.717, 1.165) is 23.4 Å². The molecule has 4 heteroatoms. The van der Waals surface area contributed by atoms with Gasteiger partial charge in [-0.15, -0.1) is 0 Å². The van der Waals surface area contributed by atoms with Gasteiger partial charge in [-0.2, -0.15) is 5.10 Å². The largest absolute Gasteiger partial charge is 0.324 e. The number of aryl methyl sites for hydroxylation is 3. The van der Waals surface area contributed by atoms with E-state index in [1.807, 2.05) is 49.2 Å². The maximum absolute atomic E-state index is 6.23. The summed E-state index contributed by atoms with van der Waals surface area (Å²) in [6, 6.07) is 5.92. The van der Waals surface area contributed by atoms with Crippen molar-refractivity contribution < 1.29 is 0 Å². The molecule has 1 unspecified atom stereocenters. The third kappa shape index (κ3) is 3.12. The molecule has 0 radical (unpaired) electrons. The zero-order chi connectivity index (χ0) is 13.1. The van der Waals surface area contributed by atoms with E-state index in [2.05, 4.69) is 5.10 Å². The first kappa shape index (κ1) is 13.1. The summed E-state index contributed by atoms with van der Waals surface area (Å²) in [6.07, 6.45) is 5.77. The summed E-state index contributed by atoms with van der Waals surface area (Å²) < 4.78 is 1.81. The second-order valence-electron chi connectivity index (χ2n) is 4.67. The molecule has 1 aromatic heterocycles. The van der Waals surface area contributed by atoms with Crippen LogP contribution in [0.15, 0.2) is 30.6 Å². The van der Waals surface area contributed by atoms with Crippen LogP contribution in [0.4, 0.5) is 0 Å². The molecule has 2 aromatic rings. The maximum Gasteiger partial charge on any atom is 0.0521 e. The molecule has 0 bridgehead atoms. The van der Waals surface area contributed by atoms with Crippen molar-refractivity contribution in [3.63, 3.8) is 0 Å². The number of nitrogens with two attached hydrogens (primary N) is 1. The highest BCUT2D eigenvalue weighted by Gasteiger charge is 2.10. The summed E-state index contributed by atoms with van der Waals surface area (Å²) >= 11 is 5.95. The summed E-state index contributed by atoms with van der Waals surface area (Å²) in [6.45, 7) is 2.05. The summed E-state index contributed by atoms with van der Waals surface area (Å²) in [7, 11) is 1.92. The Morgan fingerprint density at radius 1 is 1.44 bits per heavy atom. The Morgan fingerprint density at radius 2 is 2.22 bits per heavy atom. The van der Waals surface area contributed by atoms with E-state index in [1.165, 1.54) is 11.1 Å². The number of aromatic nitrogens is 2.